The number of carbonyl (C=O) groups excluding carboxylic acids is 1. The monoisotopic (exact) mass is 735 g/mol. The summed E-state index contributed by atoms with van der Waals surface area (Å²) in [5.41, 5.74) is 0.731. The third-order valence-electron chi connectivity index (χ3n) is 6.41. The Hall–Kier alpha value is -1.99. The minimum atomic E-state index is -0.108. The first-order chi connectivity index (χ1) is 25.2. The first-order valence-electron chi connectivity index (χ1n) is 18.2. The summed E-state index contributed by atoms with van der Waals surface area (Å²) < 4.78 is 71.3. The summed E-state index contributed by atoms with van der Waals surface area (Å²) in [7, 11) is 0. The van der Waals surface area contributed by atoms with E-state index in [0.717, 1.165) is 25.1 Å². The van der Waals surface area contributed by atoms with E-state index in [0.29, 0.717) is 164 Å². The average Bonchev–Trinajstić information content (AvgIpc) is 3.13. The second kappa shape index (κ2) is 39.2. The Labute approximate surface area is 305 Å². The third-order valence-corrected chi connectivity index (χ3v) is 6.41. The van der Waals surface area contributed by atoms with Crippen molar-refractivity contribution in [3.05, 3.63) is 24.3 Å². The maximum absolute atomic E-state index is 11.0. The summed E-state index contributed by atoms with van der Waals surface area (Å²) in [6, 6.07) is 7.18. The second-order valence-corrected chi connectivity index (χ2v) is 10.8. The van der Waals surface area contributed by atoms with E-state index in [2.05, 4.69) is 12.2 Å². The Kier molecular flexibility index (Phi) is 36.2. The van der Waals surface area contributed by atoms with E-state index in [-0.39, 0.29) is 5.91 Å². The van der Waals surface area contributed by atoms with Gasteiger partial charge < -0.3 is 66.9 Å². The number of benzene rings is 1. The lowest BCUT2D eigenvalue weighted by molar-refractivity contribution is -0.114. The van der Waals surface area contributed by atoms with Crippen LogP contribution >= 0.6 is 0 Å². The van der Waals surface area contributed by atoms with Crippen LogP contribution in [0.25, 0.3) is 0 Å². The number of amides is 1. The quantitative estimate of drug-likeness (QED) is 0.0983. The van der Waals surface area contributed by atoms with Gasteiger partial charge in [-0.05, 0) is 30.7 Å². The lowest BCUT2D eigenvalue weighted by Gasteiger charge is -2.09. The van der Waals surface area contributed by atoms with Crippen LogP contribution in [0, 0.1) is 0 Å². The van der Waals surface area contributed by atoms with Crippen LogP contribution in [0.1, 0.15) is 26.7 Å². The number of rotatable bonds is 41. The molecule has 15 heteroatoms. The molecule has 0 aliphatic heterocycles. The lowest BCUT2D eigenvalue weighted by Crippen LogP contribution is -2.15. The maximum atomic E-state index is 11.0. The fourth-order valence-corrected chi connectivity index (χ4v) is 3.82. The summed E-state index contributed by atoms with van der Waals surface area (Å²) in [4.78, 5) is 11.0. The standard InChI is InChI=1S/C36H65NO14/c1-3-4-9-39-10-11-40-12-13-41-14-15-42-16-17-43-18-19-44-20-21-45-22-23-46-24-25-47-26-27-48-28-29-49-30-31-50-32-33-51-36-7-5-35(6-8-36)37-34(2)38/h5-8H,3-4,9-33H2,1-2H3,(H,37,38). The zero-order chi connectivity index (χ0) is 36.6. The molecule has 298 valence electrons. The molecule has 0 saturated carbocycles. The van der Waals surface area contributed by atoms with Gasteiger partial charge in [0.2, 0.25) is 5.91 Å². The van der Waals surface area contributed by atoms with Crippen molar-refractivity contribution in [2.24, 2.45) is 0 Å². The summed E-state index contributed by atoms with van der Waals surface area (Å²) in [5, 5.41) is 2.71. The Morgan fingerprint density at radius 1 is 0.412 bits per heavy atom. The number of ether oxygens (including phenoxy) is 13. The topological polar surface area (TPSA) is 149 Å². The molecule has 0 aliphatic rings. The highest BCUT2D eigenvalue weighted by Gasteiger charge is 1.99. The number of nitrogens with one attached hydrogen (secondary N) is 1. The van der Waals surface area contributed by atoms with Crippen molar-refractivity contribution >= 4 is 11.6 Å². The van der Waals surface area contributed by atoms with E-state index in [4.69, 9.17) is 61.6 Å². The molecule has 0 saturated heterocycles. The highest BCUT2D eigenvalue weighted by atomic mass is 16.6. The van der Waals surface area contributed by atoms with Gasteiger partial charge in [0.1, 0.15) is 12.4 Å². The van der Waals surface area contributed by atoms with Gasteiger partial charge >= 0.3 is 0 Å². The van der Waals surface area contributed by atoms with E-state index >= 15 is 0 Å². The predicted molar refractivity (Wildman–Crippen MR) is 191 cm³/mol. The van der Waals surface area contributed by atoms with Crippen molar-refractivity contribution in [2.45, 2.75) is 26.7 Å². The van der Waals surface area contributed by atoms with Crippen LogP contribution in [0.3, 0.4) is 0 Å². The van der Waals surface area contributed by atoms with Gasteiger partial charge in [-0.1, -0.05) is 13.3 Å². The van der Waals surface area contributed by atoms with E-state index in [1.165, 1.54) is 6.92 Å². The molecule has 0 fully saturated rings. The fourth-order valence-electron chi connectivity index (χ4n) is 3.82. The van der Waals surface area contributed by atoms with Crippen molar-refractivity contribution < 1.29 is 66.4 Å². The fraction of sp³-hybridized carbons (Fsp3) is 0.806. The first kappa shape index (κ1) is 47.0. The van der Waals surface area contributed by atoms with Crippen LogP contribution in [0.15, 0.2) is 24.3 Å². The Bertz CT molecular complexity index is 852. The molecule has 0 spiro atoms. The van der Waals surface area contributed by atoms with Crippen molar-refractivity contribution in [3.8, 4) is 5.75 Å². The number of carbonyl (C=O) groups is 1. The van der Waals surface area contributed by atoms with Crippen LogP contribution < -0.4 is 10.1 Å². The van der Waals surface area contributed by atoms with Crippen LogP contribution in [0.2, 0.25) is 0 Å². The molecule has 0 unspecified atom stereocenters. The molecule has 1 rings (SSSR count). The van der Waals surface area contributed by atoms with Gasteiger partial charge in [0.15, 0.2) is 0 Å². The Morgan fingerprint density at radius 2 is 0.667 bits per heavy atom. The summed E-state index contributed by atoms with van der Waals surface area (Å²) in [6.45, 7) is 16.7. The normalized spacial score (nSPS) is 11.3. The van der Waals surface area contributed by atoms with Gasteiger partial charge in [-0.2, -0.15) is 0 Å². The van der Waals surface area contributed by atoms with Gasteiger partial charge in [-0.25, -0.2) is 0 Å². The second-order valence-electron chi connectivity index (χ2n) is 10.8. The van der Waals surface area contributed by atoms with Crippen molar-refractivity contribution in [3.63, 3.8) is 0 Å². The molecule has 0 radical (unpaired) electrons. The Morgan fingerprint density at radius 3 is 0.922 bits per heavy atom. The highest BCUT2D eigenvalue weighted by molar-refractivity contribution is 5.88. The largest absolute Gasteiger partial charge is 0.491 e. The SMILES string of the molecule is CCCCOCCOCCOCCOCCOCCOCCOCCOCCOCCOCCOCCOCCOc1ccc(NC(C)=O)cc1. The molecule has 1 amide bonds. The number of hydrogen-bond donors (Lipinski definition) is 1. The zero-order valence-corrected chi connectivity index (χ0v) is 31.1. The van der Waals surface area contributed by atoms with E-state index in [9.17, 15) is 4.79 Å². The van der Waals surface area contributed by atoms with Crippen LogP contribution in [0.5, 0.6) is 5.75 Å². The average molecular weight is 736 g/mol. The lowest BCUT2D eigenvalue weighted by atomic mass is 10.3. The van der Waals surface area contributed by atoms with Crippen molar-refractivity contribution in [1.29, 1.82) is 0 Å². The number of hydrogen-bond acceptors (Lipinski definition) is 14. The molecule has 0 aliphatic carbocycles. The number of unbranched alkanes of at least 4 members (excludes halogenated alkanes) is 1. The molecular formula is C36H65NO14. The van der Waals surface area contributed by atoms with E-state index in [1.54, 1.807) is 24.3 Å². The Balaban J connectivity index is 1.64. The van der Waals surface area contributed by atoms with E-state index < -0.39 is 0 Å². The third kappa shape index (κ3) is 36.2. The van der Waals surface area contributed by atoms with Gasteiger partial charge in [0, 0.05) is 19.2 Å². The smallest absolute Gasteiger partial charge is 0.221 e. The minimum Gasteiger partial charge on any atom is -0.491 e. The molecule has 0 heterocycles. The molecule has 51 heavy (non-hydrogen) atoms. The highest BCUT2D eigenvalue weighted by Crippen LogP contribution is 2.15. The molecule has 1 aromatic carbocycles. The van der Waals surface area contributed by atoms with Gasteiger partial charge in [0.05, 0.1) is 152 Å². The van der Waals surface area contributed by atoms with Crippen molar-refractivity contribution in [1.82, 2.24) is 0 Å². The van der Waals surface area contributed by atoms with Crippen LogP contribution in [0.4, 0.5) is 5.69 Å². The molecule has 1 aromatic rings. The summed E-state index contributed by atoms with van der Waals surface area (Å²) in [5.74, 6) is 0.608. The van der Waals surface area contributed by atoms with Crippen LogP contribution in [-0.2, 0) is 61.6 Å². The first-order valence-corrected chi connectivity index (χ1v) is 18.2. The van der Waals surface area contributed by atoms with Gasteiger partial charge in [0.25, 0.3) is 0 Å². The van der Waals surface area contributed by atoms with Crippen molar-refractivity contribution in [2.75, 3.05) is 170 Å². The van der Waals surface area contributed by atoms with Gasteiger partial charge in [-0.15, -0.1) is 0 Å². The molecule has 0 aromatic heterocycles. The molecule has 1 N–H and O–H groups in total. The maximum Gasteiger partial charge on any atom is 0.221 e. The molecule has 0 bridgehead atoms. The molecular weight excluding hydrogens is 670 g/mol. The summed E-state index contributed by atoms with van der Waals surface area (Å²) >= 11 is 0. The molecule has 15 nitrogen and oxygen atoms in total. The minimum absolute atomic E-state index is 0.108. The predicted octanol–water partition coefficient (Wildman–Crippen LogP) is 3.02. The molecule has 0 atom stereocenters. The zero-order valence-electron chi connectivity index (χ0n) is 31.1. The van der Waals surface area contributed by atoms with E-state index in [1.807, 2.05) is 0 Å². The van der Waals surface area contributed by atoms with Gasteiger partial charge in [-0.3, -0.25) is 4.79 Å². The summed E-state index contributed by atoms with van der Waals surface area (Å²) in [6.07, 6.45) is 2.23. The number of anilines is 1. The van der Waals surface area contributed by atoms with Crippen LogP contribution in [-0.4, -0.2) is 171 Å².